The van der Waals surface area contributed by atoms with Crippen molar-refractivity contribution in [3.63, 3.8) is 0 Å². The highest BCUT2D eigenvalue weighted by molar-refractivity contribution is 5.98. The number of halogens is 4. The number of methoxy groups -OCH3 is 2. The van der Waals surface area contributed by atoms with Crippen molar-refractivity contribution in [2.45, 2.75) is 89.6 Å². The maximum atomic E-state index is 15.2. The second-order valence-corrected chi connectivity index (χ2v) is 15.7. The van der Waals surface area contributed by atoms with Gasteiger partial charge in [-0.25, -0.2) is 18.4 Å². The van der Waals surface area contributed by atoms with Crippen LogP contribution in [0.1, 0.15) is 86.2 Å². The molecule has 8 rings (SSSR count). The molecule has 4 atom stereocenters. The van der Waals surface area contributed by atoms with Crippen LogP contribution in [0.5, 0.6) is 11.5 Å². The number of fused-ring (bicyclic) bond motifs is 2. The molecule has 19 heteroatoms. The number of nitrogens with zero attached hydrogens (tertiary/aromatic N) is 4. The topological polar surface area (TPSA) is 199 Å². The van der Waals surface area contributed by atoms with Gasteiger partial charge in [0.1, 0.15) is 22.5 Å². The molecule has 15 nitrogen and oxygen atoms in total. The lowest BCUT2D eigenvalue weighted by molar-refractivity contribution is 0.0684. The number of anilines is 2. The Morgan fingerprint density at radius 3 is 1.20 bits per heavy atom. The highest BCUT2D eigenvalue weighted by Crippen LogP contribution is 2.45. The van der Waals surface area contributed by atoms with E-state index >= 15 is 8.78 Å². The van der Waals surface area contributed by atoms with E-state index < -0.39 is 34.4 Å². The van der Waals surface area contributed by atoms with E-state index in [1.165, 1.54) is 26.6 Å². The van der Waals surface area contributed by atoms with Crippen molar-refractivity contribution in [2.75, 3.05) is 50.2 Å². The monoisotopic (exact) mass is 868 g/mol. The van der Waals surface area contributed by atoms with Crippen molar-refractivity contribution in [2.24, 2.45) is 0 Å². The van der Waals surface area contributed by atoms with E-state index in [4.69, 9.17) is 9.47 Å². The summed E-state index contributed by atoms with van der Waals surface area (Å²) in [5.74, 6) is -3.20. The minimum Gasteiger partial charge on any atom is -0.492 e. The average molecular weight is 870 g/mol. The van der Waals surface area contributed by atoms with Crippen molar-refractivity contribution in [1.82, 2.24) is 19.8 Å². The molecule has 4 fully saturated rings. The number of ether oxygens (including phenoxy) is 2. The van der Waals surface area contributed by atoms with E-state index in [0.29, 0.717) is 48.6 Å². The summed E-state index contributed by atoms with van der Waals surface area (Å²) in [5.41, 5.74) is -0.490. The number of hydrogen-bond donors (Lipinski definition) is 4. The van der Waals surface area contributed by atoms with Crippen LogP contribution in [0, 0.1) is 11.6 Å². The van der Waals surface area contributed by atoms with E-state index in [1.807, 2.05) is 37.5 Å². The van der Waals surface area contributed by atoms with Gasteiger partial charge in [-0.3, -0.25) is 9.59 Å². The predicted molar refractivity (Wildman–Crippen MR) is 227 cm³/mol. The molecule has 0 spiro atoms. The molecule has 6 N–H and O–H groups in total. The number of piperazine rings is 2. The van der Waals surface area contributed by atoms with Crippen LogP contribution in [0.25, 0.3) is 21.8 Å². The number of carboxylic acid groups (broad SMARTS) is 2. The molecule has 0 bridgehead atoms. The Morgan fingerprint density at radius 1 is 0.644 bits per heavy atom. The largest absolute Gasteiger partial charge is 0.492 e. The maximum Gasteiger partial charge on any atom is 0.341 e. The highest BCUT2D eigenvalue weighted by Gasteiger charge is 2.35. The standard InChI is InChI=1S/2C20H24FN3O4.2ClH.H2O/c2*1-10-7-23(8-11(2)22-10)17-15(21)6-13-16(19(17)28-3)24(12-4-5-12)9-14(18(13)25)20(26)27;;;/h2*6,9-12,22H,4-5,7-8H2,1-3H3,(H,26,27);2*1H;1H2. The molecular weight excluding hydrogens is 817 g/mol. The Kier molecular flexibility index (Phi) is 14.6. The van der Waals surface area contributed by atoms with Gasteiger partial charge in [0.05, 0.1) is 36.0 Å². The molecule has 2 saturated carbocycles. The third-order valence-electron chi connectivity index (χ3n) is 10.9. The molecule has 4 aliphatic rings. The number of carboxylic acids is 2. The van der Waals surface area contributed by atoms with Crippen molar-refractivity contribution in [3.8, 4) is 11.5 Å². The van der Waals surface area contributed by atoms with Crippen molar-refractivity contribution >= 4 is 69.9 Å². The first-order valence-electron chi connectivity index (χ1n) is 19.0. The molecule has 4 unspecified atom stereocenters. The predicted octanol–water partition coefficient (Wildman–Crippen LogP) is 4.76. The number of aromatic nitrogens is 2. The number of nitrogens with one attached hydrogen (secondary N) is 2. The Labute approximate surface area is 351 Å². The summed E-state index contributed by atoms with van der Waals surface area (Å²) in [6.45, 7) is 10.5. The van der Waals surface area contributed by atoms with E-state index in [0.717, 1.165) is 37.8 Å². The van der Waals surface area contributed by atoms with Gasteiger partial charge in [-0.05, 0) is 65.5 Å². The van der Waals surface area contributed by atoms with Gasteiger partial charge in [0.25, 0.3) is 0 Å². The van der Waals surface area contributed by atoms with Crippen LogP contribution in [0.4, 0.5) is 20.2 Å². The summed E-state index contributed by atoms with van der Waals surface area (Å²) in [4.78, 5) is 52.4. The first kappa shape index (κ1) is 47.0. The molecule has 4 heterocycles. The second kappa shape index (κ2) is 18.3. The van der Waals surface area contributed by atoms with Crippen LogP contribution in [0.15, 0.2) is 34.1 Å². The van der Waals surface area contributed by atoms with Gasteiger partial charge in [0.2, 0.25) is 10.9 Å². The van der Waals surface area contributed by atoms with Gasteiger partial charge in [-0.15, -0.1) is 24.8 Å². The lowest BCUT2D eigenvalue weighted by Gasteiger charge is -2.38. The summed E-state index contributed by atoms with van der Waals surface area (Å²) in [6, 6.07) is 3.19. The van der Waals surface area contributed by atoms with Gasteiger partial charge in [-0.1, -0.05) is 0 Å². The highest BCUT2D eigenvalue weighted by atomic mass is 35.5. The lowest BCUT2D eigenvalue weighted by atomic mass is 10.1. The Bertz CT molecular complexity index is 2190. The van der Waals surface area contributed by atoms with Crippen LogP contribution in [0.2, 0.25) is 0 Å². The average Bonchev–Trinajstić information content (AvgIpc) is 4.05. The van der Waals surface area contributed by atoms with Gasteiger partial charge in [0, 0.05) is 74.8 Å². The normalized spacial score (nSPS) is 21.4. The first-order chi connectivity index (χ1) is 26.6. The van der Waals surface area contributed by atoms with Crippen LogP contribution in [-0.4, -0.2) is 101 Å². The third-order valence-corrected chi connectivity index (χ3v) is 10.9. The Hall–Kier alpha value is -4.68. The van der Waals surface area contributed by atoms with Crippen molar-refractivity contribution in [3.05, 3.63) is 67.7 Å². The molecule has 2 aromatic carbocycles. The SMILES string of the molecule is COc1c(N2CC(C)NC(C)C2)c(F)cc2c(=O)c(C(=O)O)cn(C3CC3)c12.COc1c(N2CC(C)NC(C)C2)c(F)cc2c(=O)c(C(=O)O)cn(C3CC3)c12.Cl.Cl.O. The fourth-order valence-corrected chi connectivity index (χ4v) is 8.47. The number of aromatic carboxylic acids is 2. The summed E-state index contributed by atoms with van der Waals surface area (Å²) < 4.78 is 45.3. The van der Waals surface area contributed by atoms with E-state index in [9.17, 15) is 29.4 Å². The molecule has 2 saturated heterocycles. The smallest absolute Gasteiger partial charge is 0.341 e. The molecule has 59 heavy (non-hydrogen) atoms. The van der Waals surface area contributed by atoms with Crippen LogP contribution in [-0.2, 0) is 0 Å². The summed E-state index contributed by atoms with van der Waals surface area (Å²) in [6.07, 6.45) is 6.28. The van der Waals surface area contributed by atoms with E-state index in [1.54, 1.807) is 9.13 Å². The van der Waals surface area contributed by atoms with Gasteiger partial charge < -0.3 is 54.7 Å². The minimum absolute atomic E-state index is 0. The summed E-state index contributed by atoms with van der Waals surface area (Å²) in [5, 5.41) is 25.7. The Balaban J connectivity index is 0.000000248. The number of hydrogen-bond acceptors (Lipinski definition) is 10. The zero-order valence-electron chi connectivity index (χ0n) is 33.6. The quantitative estimate of drug-likeness (QED) is 0.190. The maximum absolute atomic E-state index is 15.2. The molecule has 0 radical (unpaired) electrons. The Morgan fingerprint density at radius 2 is 0.949 bits per heavy atom. The van der Waals surface area contributed by atoms with Crippen LogP contribution >= 0.6 is 24.8 Å². The van der Waals surface area contributed by atoms with Crippen LogP contribution in [0.3, 0.4) is 0 Å². The fraction of sp³-hybridized carbons (Fsp3) is 0.500. The number of benzene rings is 2. The number of rotatable bonds is 8. The summed E-state index contributed by atoms with van der Waals surface area (Å²) in [7, 11) is 2.92. The van der Waals surface area contributed by atoms with Gasteiger partial charge >= 0.3 is 11.9 Å². The first-order valence-corrected chi connectivity index (χ1v) is 19.0. The molecule has 0 amide bonds. The van der Waals surface area contributed by atoms with E-state index in [-0.39, 0.29) is 99.9 Å². The molecule has 2 aromatic heterocycles. The zero-order valence-corrected chi connectivity index (χ0v) is 35.3. The molecule has 2 aliphatic heterocycles. The number of pyridine rings is 2. The lowest BCUT2D eigenvalue weighted by Crippen LogP contribution is -2.54. The molecule has 2 aliphatic carbocycles. The third kappa shape index (κ3) is 8.94. The van der Waals surface area contributed by atoms with Crippen molar-refractivity contribution < 1.29 is 43.5 Å². The zero-order chi connectivity index (χ0) is 40.3. The fourth-order valence-electron chi connectivity index (χ4n) is 8.47. The minimum atomic E-state index is -1.31. The van der Waals surface area contributed by atoms with E-state index in [2.05, 4.69) is 10.6 Å². The molecular formula is C40H52Cl2F2N6O9. The number of carbonyl (C=O) groups is 2. The molecule has 324 valence electrons. The van der Waals surface area contributed by atoms with Gasteiger partial charge in [-0.2, -0.15) is 0 Å². The second-order valence-electron chi connectivity index (χ2n) is 15.7. The summed E-state index contributed by atoms with van der Waals surface area (Å²) >= 11 is 0. The van der Waals surface area contributed by atoms with Gasteiger partial charge in [0.15, 0.2) is 23.1 Å². The van der Waals surface area contributed by atoms with Crippen LogP contribution < -0.4 is 40.8 Å². The molecule has 4 aromatic rings. The van der Waals surface area contributed by atoms with Crippen molar-refractivity contribution in [1.29, 1.82) is 0 Å².